The van der Waals surface area contributed by atoms with Crippen LogP contribution in [-0.2, 0) is 0 Å². The summed E-state index contributed by atoms with van der Waals surface area (Å²) in [7, 11) is 3.99. The number of benzene rings is 4. The number of rotatable bonds is 8. The molecule has 4 rings (SSSR count). The Kier molecular flexibility index (Phi) is 6.70. The van der Waals surface area contributed by atoms with Gasteiger partial charge in [0.25, 0.3) is 0 Å². The fourth-order valence-electron chi connectivity index (χ4n) is 4.43. The van der Waals surface area contributed by atoms with Crippen molar-refractivity contribution in [1.29, 1.82) is 0 Å². The van der Waals surface area contributed by atoms with Crippen LogP contribution in [0.4, 0.5) is 0 Å². The Labute approximate surface area is 196 Å². The summed E-state index contributed by atoms with van der Waals surface area (Å²) in [6, 6.07) is 33.4. The van der Waals surface area contributed by atoms with E-state index in [1.54, 1.807) is 28.4 Å². The third-order valence-electron chi connectivity index (χ3n) is 6.01. The van der Waals surface area contributed by atoms with E-state index in [2.05, 4.69) is 72.8 Å². The normalized spacial score (nSPS) is 11.0. The Morgan fingerprint density at radius 2 is 0.636 bits per heavy atom. The molecule has 0 saturated carbocycles. The molecule has 0 atom stereocenters. The number of hydrogen-bond donors (Lipinski definition) is 0. The fraction of sp³-hybridized carbons (Fsp3) is 0.143. The van der Waals surface area contributed by atoms with E-state index in [4.69, 9.17) is 18.9 Å². The van der Waals surface area contributed by atoms with Gasteiger partial charge in [-0.2, -0.15) is 0 Å². The Bertz CT molecular complexity index is 1040. The lowest BCUT2D eigenvalue weighted by atomic mass is 10.3. The van der Waals surface area contributed by atoms with E-state index in [1.165, 1.54) is 20.7 Å². The van der Waals surface area contributed by atoms with Gasteiger partial charge in [0, 0.05) is 0 Å². The van der Waals surface area contributed by atoms with Crippen LogP contribution < -0.4 is 39.7 Å². The van der Waals surface area contributed by atoms with Gasteiger partial charge < -0.3 is 18.9 Å². The molecule has 168 valence electrons. The Balaban J connectivity index is 2.17. The minimum absolute atomic E-state index is 0.818. The van der Waals surface area contributed by atoms with Crippen molar-refractivity contribution in [3.63, 3.8) is 0 Å². The highest BCUT2D eigenvalue weighted by Crippen LogP contribution is 2.19. The molecule has 0 amide bonds. The van der Waals surface area contributed by atoms with Gasteiger partial charge in [-0.3, -0.25) is 0 Å². The van der Waals surface area contributed by atoms with Gasteiger partial charge in [-0.15, -0.1) is 0 Å². The average Bonchev–Trinajstić information content (AvgIpc) is 2.89. The molecule has 0 spiro atoms. The van der Waals surface area contributed by atoms with Crippen molar-refractivity contribution in [2.45, 2.75) is 0 Å². The van der Waals surface area contributed by atoms with Gasteiger partial charge in [0.1, 0.15) is 23.0 Å². The molecule has 4 nitrogen and oxygen atoms in total. The topological polar surface area (TPSA) is 36.9 Å². The maximum Gasteiger partial charge on any atom is 0.180 e. The molecule has 0 N–H and O–H groups in total. The predicted octanol–water partition coefficient (Wildman–Crippen LogP) is 3.10. The van der Waals surface area contributed by atoms with Crippen molar-refractivity contribution < 1.29 is 18.9 Å². The Hall–Kier alpha value is -3.70. The SMILES string of the molecule is COc1cccc([Si](c2cccc(OC)c2)(c2cccc(OC)c2)c2cccc(OC)c2)c1. The summed E-state index contributed by atoms with van der Waals surface area (Å²) in [6.07, 6.45) is 0. The first-order valence-corrected chi connectivity index (χ1v) is 12.7. The van der Waals surface area contributed by atoms with Crippen molar-refractivity contribution in [3.8, 4) is 23.0 Å². The van der Waals surface area contributed by atoms with Crippen molar-refractivity contribution >= 4 is 28.8 Å². The summed E-state index contributed by atoms with van der Waals surface area (Å²) in [5.74, 6) is 3.27. The zero-order valence-electron chi connectivity index (χ0n) is 19.4. The van der Waals surface area contributed by atoms with E-state index in [-0.39, 0.29) is 0 Å². The highest BCUT2D eigenvalue weighted by molar-refractivity contribution is 7.20. The van der Waals surface area contributed by atoms with Gasteiger partial charge in [-0.1, -0.05) is 48.5 Å². The van der Waals surface area contributed by atoms with Crippen LogP contribution in [0.15, 0.2) is 97.1 Å². The van der Waals surface area contributed by atoms with E-state index < -0.39 is 8.07 Å². The number of ether oxygens (including phenoxy) is 4. The summed E-state index contributed by atoms with van der Waals surface area (Å²) >= 11 is 0. The Morgan fingerprint density at radius 1 is 0.394 bits per heavy atom. The molecule has 0 heterocycles. The van der Waals surface area contributed by atoms with Crippen LogP contribution in [0.3, 0.4) is 0 Å². The number of hydrogen-bond acceptors (Lipinski definition) is 4. The molecule has 33 heavy (non-hydrogen) atoms. The molecule has 5 heteroatoms. The summed E-state index contributed by atoms with van der Waals surface area (Å²) in [5.41, 5.74) is 0. The first-order chi connectivity index (χ1) is 16.1. The maximum absolute atomic E-state index is 5.64. The second-order valence-corrected chi connectivity index (χ2v) is 11.5. The van der Waals surface area contributed by atoms with Gasteiger partial charge in [-0.25, -0.2) is 0 Å². The van der Waals surface area contributed by atoms with Crippen LogP contribution in [0.2, 0.25) is 0 Å². The molecule has 0 radical (unpaired) electrons. The van der Waals surface area contributed by atoms with E-state index in [0.29, 0.717) is 0 Å². The predicted molar refractivity (Wildman–Crippen MR) is 136 cm³/mol. The van der Waals surface area contributed by atoms with E-state index in [9.17, 15) is 0 Å². The first-order valence-electron chi connectivity index (χ1n) is 10.7. The number of methoxy groups -OCH3 is 4. The van der Waals surface area contributed by atoms with E-state index >= 15 is 0 Å². The Morgan fingerprint density at radius 3 is 0.848 bits per heavy atom. The molecular weight excluding hydrogens is 428 g/mol. The highest BCUT2D eigenvalue weighted by atomic mass is 28.3. The molecule has 4 aromatic carbocycles. The lowest BCUT2D eigenvalue weighted by Gasteiger charge is -2.35. The van der Waals surface area contributed by atoms with E-state index in [0.717, 1.165) is 23.0 Å². The van der Waals surface area contributed by atoms with Gasteiger partial charge in [0.15, 0.2) is 8.07 Å². The summed E-state index contributed by atoms with van der Waals surface area (Å²) in [6.45, 7) is 0. The molecule has 0 aliphatic carbocycles. The van der Waals surface area contributed by atoms with Crippen molar-refractivity contribution in [1.82, 2.24) is 0 Å². The minimum Gasteiger partial charge on any atom is -0.497 e. The van der Waals surface area contributed by atoms with Crippen molar-refractivity contribution in [2.24, 2.45) is 0 Å². The lowest BCUT2D eigenvalue weighted by Crippen LogP contribution is -2.74. The molecule has 0 fully saturated rings. The van der Waals surface area contributed by atoms with Crippen LogP contribution in [0.25, 0.3) is 0 Å². The smallest absolute Gasteiger partial charge is 0.180 e. The second-order valence-electron chi connectivity index (χ2n) is 7.68. The molecular formula is C28H28O4Si. The average molecular weight is 457 g/mol. The summed E-state index contributed by atoms with van der Waals surface area (Å²) in [4.78, 5) is 0. The van der Waals surface area contributed by atoms with Crippen LogP contribution in [0, 0.1) is 0 Å². The van der Waals surface area contributed by atoms with Gasteiger partial charge in [0.05, 0.1) is 28.4 Å². The molecule has 0 aliphatic heterocycles. The third kappa shape index (κ3) is 4.20. The van der Waals surface area contributed by atoms with Crippen LogP contribution in [-0.4, -0.2) is 36.5 Å². The van der Waals surface area contributed by atoms with Gasteiger partial charge in [-0.05, 0) is 69.3 Å². The largest absolute Gasteiger partial charge is 0.497 e. The molecule has 0 aromatic heterocycles. The first kappa shape index (κ1) is 22.5. The molecule has 0 saturated heterocycles. The minimum atomic E-state index is -2.81. The highest BCUT2D eigenvalue weighted by Gasteiger charge is 2.42. The van der Waals surface area contributed by atoms with Crippen LogP contribution in [0.1, 0.15) is 0 Å². The van der Waals surface area contributed by atoms with Crippen molar-refractivity contribution in [3.05, 3.63) is 97.1 Å². The fourth-order valence-corrected chi connectivity index (χ4v) is 9.25. The monoisotopic (exact) mass is 456 g/mol. The molecule has 0 aliphatic rings. The molecule has 0 bridgehead atoms. The summed E-state index contributed by atoms with van der Waals surface area (Å²) in [5, 5.41) is 4.77. The van der Waals surface area contributed by atoms with Gasteiger partial charge >= 0.3 is 0 Å². The molecule has 0 unspecified atom stereocenters. The van der Waals surface area contributed by atoms with Crippen LogP contribution in [0.5, 0.6) is 23.0 Å². The van der Waals surface area contributed by atoms with Crippen LogP contribution >= 0.6 is 0 Å². The lowest BCUT2D eigenvalue weighted by molar-refractivity contribution is 0.415. The standard InChI is InChI=1S/C28H28O4Si/c1-29-21-9-5-13-25(17-21)33(26-14-6-10-22(18-26)30-2,27-15-7-11-23(19-27)31-3)28-16-8-12-24(20-28)32-4/h5-20H,1-4H3. The molecule has 4 aromatic rings. The van der Waals surface area contributed by atoms with Crippen molar-refractivity contribution in [2.75, 3.05) is 28.4 Å². The summed E-state index contributed by atoms with van der Waals surface area (Å²) < 4.78 is 22.6. The zero-order valence-corrected chi connectivity index (χ0v) is 20.4. The zero-order chi connectivity index (χ0) is 23.3. The second kappa shape index (κ2) is 9.84. The quantitative estimate of drug-likeness (QED) is 0.302. The van der Waals surface area contributed by atoms with Gasteiger partial charge in [0.2, 0.25) is 0 Å². The maximum atomic E-state index is 5.64. The third-order valence-corrected chi connectivity index (χ3v) is 10.7. The van der Waals surface area contributed by atoms with E-state index in [1.807, 2.05) is 24.3 Å².